The van der Waals surface area contributed by atoms with Crippen LogP contribution in [0.1, 0.15) is 10.4 Å². The lowest BCUT2D eigenvalue weighted by molar-refractivity contribution is 1.55. The van der Waals surface area contributed by atoms with Crippen LogP contribution in [0, 0.1) is 13.8 Å². The van der Waals surface area contributed by atoms with Crippen LogP contribution >= 0.6 is 34.0 Å². The third-order valence-corrected chi connectivity index (χ3v) is 8.59. The molecule has 3 aromatic heterocycles. The van der Waals surface area contributed by atoms with E-state index in [0.717, 1.165) is 0 Å². The largest absolute Gasteiger partial charge is 0.143 e. The van der Waals surface area contributed by atoms with Crippen LogP contribution in [-0.2, 0) is 0 Å². The van der Waals surface area contributed by atoms with E-state index in [1.807, 2.05) is 34.0 Å². The summed E-state index contributed by atoms with van der Waals surface area (Å²) in [5.41, 5.74) is 6.65. The summed E-state index contributed by atoms with van der Waals surface area (Å²) in [6.45, 7) is 4.46. The van der Waals surface area contributed by atoms with Crippen LogP contribution in [-0.4, -0.2) is 0 Å². The smallest absolute Gasteiger partial charge is 0.0530 e. The van der Waals surface area contributed by atoms with Gasteiger partial charge >= 0.3 is 0 Å². The van der Waals surface area contributed by atoms with E-state index < -0.39 is 0 Å². The van der Waals surface area contributed by atoms with E-state index in [1.54, 1.807) is 0 Å². The predicted octanol–water partition coefficient (Wildman–Crippen LogP) is 9.16. The van der Waals surface area contributed by atoms with Gasteiger partial charge in [0.2, 0.25) is 0 Å². The Morgan fingerprint density at radius 3 is 1.76 bits per heavy atom. The van der Waals surface area contributed by atoms with Gasteiger partial charge in [-0.2, -0.15) is 0 Å². The zero-order chi connectivity index (χ0) is 19.8. The summed E-state index contributed by atoms with van der Waals surface area (Å²) in [4.78, 5) is 6.81. The maximum absolute atomic E-state index is 2.39. The average molecular weight is 429 g/mol. The molecule has 0 spiro atoms. The molecule has 29 heavy (non-hydrogen) atoms. The second-order valence-electron chi connectivity index (χ2n) is 7.10. The fourth-order valence-electron chi connectivity index (χ4n) is 3.60. The van der Waals surface area contributed by atoms with Crippen LogP contribution in [0.25, 0.3) is 41.8 Å². The van der Waals surface area contributed by atoms with Crippen molar-refractivity contribution in [3.8, 4) is 41.8 Å². The molecule has 3 heterocycles. The molecule has 0 atom stereocenters. The molecule has 0 amide bonds. The first-order valence-electron chi connectivity index (χ1n) is 9.60. The lowest BCUT2D eigenvalue weighted by Crippen LogP contribution is -1.78. The average Bonchev–Trinajstić information content (AvgIpc) is 3.47. The third kappa shape index (κ3) is 3.51. The molecule has 0 aliphatic heterocycles. The van der Waals surface area contributed by atoms with Crippen LogP contribution in [0.5, 0.6) is 0 Å². The molecule has 0 aliphatic rings. The van der Waals surface area contributed by atoms with Crippen molar-refractivity contribution >= 4 is 34.0 Å². The highest BCUT2D eigenvalue weighted by Crippen LogP contribution is 2.48. The molecule has 0 saturated heterocycles. The quantitative estimate of drug-likeness (QED) is 0.268. The number of thiophene rings is 3. The minimum absolute atomic E-state index is 1.29. The maximum atomic E-state index is 2.39. The van der Waals surface area contributed by atoms with Gasteiger partial charge in [0.05, 0.1) is 4.88 Å². The van der Waals surface area contributed by atoms with Crippen molar-refractivity contribution in [2.45, 2.75) is 13.8 Å². The van der Waals surface area contributed by atoms with Gasteiger partial charge in [-0.1, -0.05) is 60.7 Å². The van der Waals surface area contributed by atoms with Gasteiger partial charge in [-0.05, 0) is 59.7 Å². The van der Waals surface area contributed by atoms with Crippen LogP contribution in [0.15, 0.2) is 84.2 Å². The van der Waals surface area contributed by atoms with E-state index in [-0.39, 0.29) is 0 Å². The molecular formula is C26H20S3. The molecule has 0 N–H and O–H groups in total. The van der Waals surface area contributed by atoms with Crippen molar-refractivity contribution in [3.63, 3.8) is 0 Å². The topological polar surface area (TPSA) is 0 Å². The Bertz CT molecular complexity index is 1250. The molecule has 2 aromatic carbocycles. The van der Waals surface area contributed by atoms with E-state index in [0.29, 0.717) is 0 Å². The van der Waals surface area contributed by atoms with Gasteiger partial charge in [-0.15, -0.1) is 34.0 Å². The van der Waals surface area contributed by atoms with E-state index in [9.17, 15) is 0 Å². The van der Waals surface area contributed by atoms with Crippen molar-refractivity contribution in [3.05, 3.63) is 94.7 Å². The first kappa shape index (κ1) is 18.6. The maximum Gasteiger partial charge on any atom is 0.0530 e. The van der Waals surface area contributed by atoms with Crippen LogP contribution in [0.4, 0.5) is 0 Å². The Labute approximate surface area is 183 Å². The van der Waals surface area contributed by atoms with Gasteiger partial charge in [-0.25, -0.2) is 0 Å². The van der Waals surface area contributed by atoms with Crippen molar-refractivity contribution in [1.29, 1.82) is 0 Å². The first-order chi connectivity index (χ1) is 14.2. The third-order valence-electron chi connectivity index (χ3n) is 5.12. The second-order valence-corrected chi connectivity index (χ2v) is 10.3. The summed E-state index contributed by atoms with van der Waals surface area (Å²) in [5, 5.41) is 2.20. The van der Waals surface area contributed by atoms with Crippen molar-refractivity contribution in [2.24, 2.45) is 0 Å². The number of hydrogen-bond acceptors (Lipinski definition) is 3. The molecule has 3 heteroatoms. The van der Waals surface area contributed by atoms with Crippen molar-refractivity contribution in [2.75, 3.05) is 0 Å². The second kappa shape index (κ2) is 7.75. The molecule has 0 fully saturated rings. The van der Waals surface area contributed by atoms with Crippen molar-refractivity contribution < 1.29 is 0 Å². The molecule has 0 radical (unpaired) electrons. The van der Waals surface area contributed by atoms with Gasteiger partial charge < -0.3 is 0 Å². The molecule has 142 valence electrons. The van der Waals surface area contributed by atoms with Gasteiger partial charge in [0.25, 0.3) is 0 Å². The minimum Gasteiger partial charge on any atom is -0.143 e. The number of aryl methyl sites for hydroxylation is 2. The molecule has 5 rings (SSSR count). The Hall–Kier alpha value is -2.46. The summed E-state index contributed by atoms with van der Waals surface area (Å²) in [5.74, 6) is 0. The molecule has 0 aliphatic carbocycles. The number of hydrogen-bond donors (Lipinski definition) is 0. The lowest BCUT2D eigenvalue weighted by atomic mass is 10.0. The number of rotatable bonds is 4. The molecule has 0 saturated carbocycles. The summed E-state index contributed by atoms with van der Waals surface area (Å²) >= 11 is 5.64. The van der Waals surface area contributed by atoms with Gasteiger partial charge in [0.1, 0.15) is 0 Å². The molecule has 0 unspecified atom stereocenters. The summed E-state index contributed by atoms with van der Waals surface area (Å²) in [6, 6.07) is 28.4. The summed E-state index contributed by atoms with van der Waals surface area (Å²) in [6.07, 6.45) is 0. The standard InChI is InChI=1S/C26H20S3/c1-17-13-14-27-25(17)26-22(16-24(29-26)20-11-7-4-8-12-20)21-15-23(28-18(21)2)19-9-5-3-6-10-19/h3-16H,1-2H3. The van der Waals surface area contributed by atoms with E-state index >= 15 is 0 Å². The van der Waals surface area contributed by atoms with Crippen LogP contribution in [0.3, 0.4) is 0 Å². The Kier molecular flexibility index (Phi) is 4.96. The van der Waals surface area contributed by atoms with Crippen LogP contribution in [0.2, 0.25) is 0 Å². The SMILES string of the molecule is Cc1ccsc1-c1sc(-c2ccccc2)cc1-c1cc(-c2ccccc2)sc1C. The molecular weight excluding hydrogens is 408 g/mol. The molecule has 5 aromatic rings. The van der Waals surface area contributed by atoms with Gasteiger partial charge in [0.15, 0.2) is 0 Å². The fourth-order valence-corrected chi connectivity index (χ4v) is 6.98. The highest BCUT2D eigenvalue weighted by Gasteiger charge is 2.19. The lowest BCUT2D eigenvalue weighted by Gasteiger charge is -2.03. The Balaban J connectivity index is 1.70. The predicted molar refractivity (Wildman–Crippen MR) is 131 cm³/mol. The zero-order valence-electron chi connectivity index (χ0n) is 16.3. The highest BCUT2D eigenvalue weighted by molar-refractivity contribution is 7.24. The normalized spacial score (nSPS) is 11.1. The molecule has 0 bridgehead atoms. The Morgan fingerprint density at radius 2 is 1.17 bits per heavy atom. The van der Waals surface area contributed by atoms with E-state index in [2.05, 4.69) is 98.1 Å². The zero-order valence-corrected chi connectivity index (χ0v) is 18.8. The van der Waals surface area contributed by atoms with Crippen molar-refractivity contribution in [1.82, 2.24) is 0 Å². The summed E-state index contributed by atoms with van der Waals surface area (Å²) < 4.78 is 0. The minimum atomic E-state index is 1.29. The number of benzene rings is 2. The fraction of sp³-hybridized carbons (Fsp3) is 0.0769. The Morgan fingerprint density at radius 1 is 0.586 bits per heavy atom. The highest BCUT2D eigenvalue weighted by atomic mass is 32.1. The monoisotopic (exact) mass is 428 g/mol. The summed E-state index contributed by atoms with van der Waals surface area (Å²) in [7, 11) is 0. The van der Waals surface area contributed by atoms with Gasteiger partial charge in [-0.3, -0.25) is 0 Å². The molecule has 0 nitrogen and oxygen atoms in total. The first-order valence-corrected chi connectivity index (χ1v) is 12.1. The van der Waals surface area contributed by atoms with Gasteiger partial charge in [0, 0.05) is 25.1 Å². The van der Waals surface area contributed by atoms with E-state index in [4.69, 9.17) is 0 Å². The van der Waals surface area contributed by atoms with Crippen LogP contribution < -0.4 is 0 Å². The van der Waals surface area contributed by atoms with E-state index in [1.165, 1.54) is 52.2 Å².